The summed E-state index contributed by atoms with van der Waals surface area (Å²) >= 11 is 0. The van der Waals surface area contributed by atoms with Crippen LogP contribution in [0, 0.1) is 0 Å². The fourth-order valence-electron chi connectivity index (χ4n) is 3.27. The van der Waals surface area contributed by atoms with Gasteiger partial charge in [-0.3, -0.25) is 9.69 Å². The minimum Gasteiger partial charge on any atom is -0.340 e. The summed E-state index contributed by atoms with van der Waals surface area (Å²) in [5.74, 6) is -0.0278. The van der Waals surface area contributed by atoms with Crippen LogP contribution in [0.5, 0.6) is 0 Å². The lowest BCUT2D eigenvalue weighted by atomic mass is 9.98. The average molecular weight is 289 g/mol. The number of likely N-dealkylation sites (tertiary alicyclic amines) is 1. The van der Waals surface area contributed by atoms with Gasteiger partial charge < -0.3 is 10.6 Å². The number of nitrogens with zero attached hydrogens (tertiary/aromatic N) is 2. The van der Waals surface area contributed by atoms with Gasteiger partial charge in [0.15, 0.2) is 0 Å². The lowest BCUT2D eigenvalue weighted by molar-refractivity contribution is -0.131. The van der Waals surface area contributed by atoms with Crippen molar-refractivity contribution >= 4 is 5.91 Å². The summed E-state index contributed by atoms with van der Waals surface area (Å²) in [6.45, 7) is 8.51. The molecule has 1 heterocycles. The van der Waals surface area contributed by atoms with Crippen molar-refractivity contribution in [1.29, 1.82) is 0 Å². The minimum atomic E-state index is -0.207. The van der Waals surface area contributed by atoms with Crippen molar-refractivity contribution in [2.75, 3.05) is 32.7 Å². The monoisotopic (exact) mass is 289 g/mol. The number of rotatable bonds is 6. The fourth-order valence-corrected chi connectivity index (χ4v) is 3.27. The third-order valence-corrected chi connectivity index (χ3v) is 4.54. The Bertz CT molecular complexity index is 445. The van der Waals surface area contributed by atoms with Crippen LogP contribution in [0.25, 0.3) is 0 Å². The maximum Gasteiger partial charge on any atom is 0.231 e. The maximum absolute atomic E-state index is 12.7. The van der Waals surface area contributed by atoms with Gasteiger partial charge in [-0.15, -0.1) is 0 Å². The van der Waals surface area contributed by atoms with Gasteiger partial charge in [0.05, 0.1) is 5.92 Å². The van der Waals surface area contributed by atoms with Gasteiger partial charge in [-0.2, -0.15) is 0 Å². The first-order chi connectivity index (χ1) is 10.2. The molecule has 0 aromatic heterocycles. The van der Waals surface area contributed by atoms with E-state index in [1.807, 2.05) is 35.2 Å². The van der Waals surface area contributed by atoms with Crippen LogP contribution in [-0.4, -0.2) is 54.5 Å². The molecule has 1 aromatic carbocycles. The summed E-state index contributed by atoms with van der Waals surface area (Å²) in [5, 5.41) is 0. The standard InChI is InChI=1S/C17H27N3O/c1-3-19(4-2)15-10-11-20(13-15)17(21)16(12-18)14-8-6-5-7-9-14/h5-9,15-16H,3-4,10-13,18H2,1-2H3. The van der Waals surface area contributed by atoms with Gasteiger partial charge in [-0.1, -0.05) is 44.2 Å². The van der Waals surface area contributed by atoms with E-state index in [2.05, 4.69) is 18.7 Å². The second-order valence-corrected chi connectivity index (χ2v) is 5.65. The Morgan fingerprint density at radius 3 is 2.57 bits per heavy atom. The zero-order valence-corrected chi connectivity index (χ0v) is 13.2. The number of hydrogen-bond acceptors (Lipinski definition) is 3. The molecule has 21 heavy (non-hydrogen) atoms. The van der Waals surface area contributed by atoms with E-state index in [9.17, 15) is 4.79 Å². The van der Waals surface area contributed by atoms with Crippen LogP contribution in [-0.2, 0) is 4.79 Å². The lowest BCUT2D eigenvalue weighted by Crippen LogP contribution is -2.41. The summed E-state index contributed by atoms with van der Waals surface area (Å²) in [6, 6.07) is 10.4. The third-order valence-electron chi connectivity index (χ3n) is 4.54. The largest absolute Gasteiger partial charge is 0.340 e. The van der Waals surface area contributed by atoms with Crippen molar-refractivity contribution in [2.24, 2.45) is 5.73 Å². The summed E-state index contributed by atoms with van der Waals surface area (Å²) in [7, 11) is 0. The maximum atomic E-state index is 12.7. The second-order valence-electron chi connectivity index (χ2n) is 5.65. The quantitative estimate of drug-likeness (QED) is 0.866. The van der Waals surface area contributed by atoms with Crippen LogP contribution < -0.4 is 5.73 Å². The van der Waals surface area contributed by atoms with E-state index in [1.54, 1.807) is 0 Å². The van der Waals surface area contributed by atoms with Gasteiger partial charge in [0.25, 0.3) is 0 Å². The molecule has 4 heteroatoms. The van der Waals surface area contributed by atoms with Crippen molar-refractivity contribution in [3.8, 4) is 0 Å². The van der Waals surface area contributed by atoms with E-state index in [1.165, 1.54) is 0 Å². The molecular weight excluding hydrogens is 262 g/mol. The summed E-state index contributed by atoms with van der Waals surface area (Å²) < 4.78 is 0. The first-order valence-corrected chi connectivity index (χ1v) is 7.99. The van der Waals surface area contributed by atoms with E-state index in [0.29, 0.717) is 12.6 Å². The van der Waals surface area contributed by atoms with Crippen molar-refractivity contribution in [3.63, 3.8) is 0 Å². The van der Waals surface area contributed by atoms with Crippen LogP contribution in [0.3, 0.4) is 0 Å². The molecule has 1 aliphatic heterocycles. The predicted molar refractivity (Wildman–Crippen MR) is 86.1 cm³/mol. The molecule has 2 N–H and O–H groups in total. The van der Waals surface area contributed by atoms with Gasteiger partial charge >= 0.3 is 0 Å². The highest BCUT2D eigenvalue weighted by Gasteiger charge is 2.32. The molecule has 0 bridgehead atoms. The predicted octanol–water partition coefficient (Wildman–Crippen LogP) is 1.67. The molecule has 1 amide bonds. The highest BCUT2D eigenvalue weighted by atomic mass is 16.2. The molecule has 1 aromatic rings. The Labute approximate surface area is 127 Å². The molecule has 2 unspecified atom stereocenters. The molecule has 0 radical (unpaired) electrons. The van der Waals surface area contributed by atoms with Crippen molar-refractivity contribution in [1.82, 2.24) is 9.80 Å². The molecule has 0 aliphatic carbocycles. The summed E-state index contributed by atoms with van der Waals surface area (Å²) in [4.78, 5) is 17.2. The number of amides is 1. The average Bonchev–Trinajstić information content (AvgIpc) is 3.00. The zero-order valence-electron chi connectivity index (χ0n) is 13.2. The molecule has 4 nitrogen and oxygen atoms in total. The van der Waals surface area contributed by atoms with Crippen LogP contribution in [0.4, 0.5) is 0 Å². The normalized spacial score (nSPS) is 20.0. The minimum absolute atomic E-state index is 0.179. The van der Waals surface area contributed by atoms with Crippen LogP contribution in [0.2, 0.25) is 0 Å². The number of carbonyl (C=O) groups is 1. The first-order valence-electron chi connectivity index (χ1n) is 7.99. The highest BCUT2D eigenvalue weighted by molar-refractivity contribution is 5.84. The Morgan fingerprint density at radius 1 is 1.33 bits per heavy atom. The van der Waals surface area contributed by atoms with E-state index in [-0.39, 0.29) is 11.8 Å². The number of nitrogens with two attached hydrogens (primary N) is 1. The number of likely N-dealkylation sites (N-methyl/N-ethyl adjacent to an activating group) is 1. The Hall–Kier alpha value is -1.39. The second kappa shape index (κ2) is 7.57. The van der Waals surface area contributed by atoms with Crippen molar-refractivity contribution in [3.05, 3.63) is 35.9 Å². The molecule has 1 saturated heterocycles. The van der Waals surface area contributed by atoms with Gasteiger partial charge in [-0.05, 0) is 25.1 Å². The molecule has 0 spiro atoms. The SMILES string of the molecule is CCN(CC)C1CCN(C(=O)C(CN)c2ccccc2)C1. The molecule has 116 valence electrons. The lowest BCUT2D eigenvalue weighted by Gasteiger charge is -2.27. The first kappa shape index (κ1) is 16.0. The smallest absolute Gasteiger partial charge is 0.231 e. The fraction of sp³-hybridized carbons (Fsp3) is 0.588. The molecule has 2 rings (SSSR count). The van der Waals surface area contributed by atoms with Crippen molar-refractivity contribution in [2.45, 2.75) is 32.2 Å². The van der Waals surface area contributed by atoms with Gasteiger partial charge in [-0.25, -0.2) is 0 Å². The molecule has 1 fully saturated rings. The molecule has 2 atom stereocenters. The Morgan fingerprint density at radius 2 is 2.00 bits per heavy atom. The third kappa shape index (κ3) is 3.63. The number of benzene rings is 1. The molecule has 0 saturated carbocycles. The summed E-state index contributed by atoms with van der Waals surface area (Å²) in [6.07, 6.45) is 1.07. The summed E-state index contributed by atoms with van der Waals surface area (Å²) in [5.41, 5.74) is 6.89. The van der Waals surface area contributed by atoms with E-state index < -0.39 is 0 Å². The van der Waals surface area contributed by atoms with Crippen LogP contribution >= 0.6 is 0 Å². The number of hydrogen-bond donors (Lipinski definition) is 1. The van der Waals surface area contributed by atoms with Gasteiger partial charge in [0, 0.05) is 25.7 Å². The Balaban J connectivity index is 2.03. The topological polar surface area (TPSA) is 49.6 Å². The Kier molecular flexibility index (Phi) is 5.76. The zero-order chi connectivity index (χ0) is 15.2. The molecule has 1 aliphatic rings. The van der Waals surface area contributed by atoms with E-state index in [0.717, 1.165) is 38.2 Å². The van der Waals surface area contributed by atoms with Gasteiger partial charge in [0.1, 0.15) is 0 Å². The molecular formula is C17H27N3O. The van der Waals surface area contributed by atoms with Crippen LogP contribution in [0.15, 0.2) is 30.3 Å². The van der Waals surface area contributed by atoms with E-state index >= 15 is 0 Å². The van der Waals surface area contributed by atoms with Gasteiger partial charge in [0.2, 0.25) is 5.91 Å². The van der Waals surface area contributed by atoms with E-state index in [4.69, 9.17) is 5.73 Å². The number of carbonyl (C=O) groups excluding carboxylic acids is 1. The van der Waals surface area contributed by atoms with Crippen LogP contribution in [0.1, 0.15) is 31.7 Å². The van der Waals surface area contributed by atoms with Crippen molar-refractivity contribution < 1.29 is 4.79 Å². The highest BCUT2D eigenvalue weighted by Crippen LogP contribution is 2.22.